The molecule has 2 amide bonds. The predicted molar refractivity (Wildman–Crippen MR) is 152 cm³/mol. The average molecular weight is 559 g/mol. The van der Waals surface area contributed by atoms with Crippen molar-refractivity contribution in [3.8, 4) is 5.75 Å². The standard InChI is InChI=1S/C29H26N4O6S/c1-31-28(35)26(17-20-7-11-25(12-8-20)39-19-21-5-9-24(10-6-21)33(36)37)40-29(31)30-23-4-2-3-22(18-23)27(34)32-13-15-38-16-14-32/h2-12,17-18H,13-16,19H2,1H3/b26-17+,30-29?. The van der Waals surface area contributed by atoms with Gasteiger partial charge < -0.3 is 14.4 Å². The molecule has 0 spiro atoms. The lowest BCUT2D eigenvalue weighted by Crippen LogP contribution is -2.40. The second-order valence-corrected chi connectivity index (χ2v) is 10.1. The van der Waals surface area contributed by atoms with Gasteiger partial charge in [0, 0.05) is 37.8 Å². The summed E-state index contributed by atoms with van der Waals surface area (Å²) in [5.41, 5.74) is 2.82. The molecule has 2 fully saturated rings. The van der Waals surface area contributed by atoms with Gasteiger partial charge in [-0.05, 0) is 71.4 Å². The Kier molecular flexibility index (Phi) is 8.23. The lowest BCUT2D eigenvalue weighted by Gasteiger charge is -2.26. The first-order valence-electron chi connectivity index (χ1n) is 12.6. The number of carbonyl (C=O) groups is 2. The maximum atomic E-state index is 12.9. The third kappa shape index (κ3) is 6.38. The number of amidine groups is 1. The fourth-order valence-electron chi connectivity index (χ4n) is 4.11. The normalized spacial score (nSPS) is 17.5. The number of non-ortho nitro benzene ring substituents is 1. The second-order valence-electron chi connectivity index (χ2n) is 9.11. The number of likely N-dealkylation sites (N-methyl/N-ethyl adjacent to an activating group) is 1. The van der Waals surface area contributed by atoms with Gasteiger partial charge in [-0.3, -0.25) is 24.6 Å². The molecule has 0 radical (unpaired) electrons. The highest BCUT2D eigenvalue weighted by atomic mass is 32.2. The third-order valence-electron chi connectivity index (χ3n) is 6.35. The van der Waals surface area contributed by atoms with Crippen LogP contribution in [0.3, 0.4) is 0 Å². The number of hydrogen-bond donors (Lipinski definition) is 0. The highest BCUT2D eigenvalue weighted by molar-refractivity contribution is 8.18. The van der Waals surface area contributed by atoms with E-state index in [1.165, 1.54) is 28.8 Å². The summed E-state index contributed by atoms with van der Waals surface area (Å²) < 4.78 is 11.1. The number of ether oxygens (including phenoxy) is 2. The zero-order valence-electron chi connectivity index (χ0n) is 21.7. The van der Waals surface area contributed by atoms with E-state index in [-0.39, 0.29) is 24.1 Å². The second kappa shape index (κ2) is 12.1. The van der Waals surface area contributed by atoms with Crippen LogP contribution >= 0.6 is 11.8 Å². The highest BCUT2D eigenvalue weighted by Crippen LogP contribution is 2.33. The molecule has 11 heteroatoms. The minimum Gasteiger partial charge on any atom is -0.489 e. The van der Waals surface area contributed by atoms with Gasteiger partial charge in [0.15, 0.2) is 5.17 Å². The van der Waals surface area contributed by atoms with Gasteiger partial charge in [0.05, 0.1) is 28.7 Å². The van der Waals surface area contributed by atoms with Crippen molar-refractivity contribution in [2.45, 2.75) is 6.61 Å². The molecule has 2 saturated heterocycles. The lowest BCUT2D eigenvalue weighted by molar-refractivity contribution is -0.384. The van der Waals surface area contributed by atoms with E-state index in [9.17, 15) is 19.7 Å². The molecular formula is C29H26N4O6S. The maximum Gasteiger partial charge on any atom is 0.269 e. The summed E-state index contributed by atoms with van der Waals surface area (Å²) >= 11 is 1.27. The Morgan fingerprint density at radius 3 is 2.52 bits per heavy atom. The van der Waals surface area contributed by atoms with Crippen LogP contribution in [-0.2, 0) is 16.1 Å². The van der Waals surface area contributed by atoms with Crippen molar-refractivity contribution in [2.24, 2.45) is 4.99 Å². The molecule has 0 unspecified atom stereocenters. The topological polar surface area (TPSA) is 115 Å². The van der Waals surface area contributed by atoms with Crippen molar-refractivity contribution < 1.29 is 24.0 Å². The van der Waals surface area contributed by atoms with Gasteiger partial charge in [0.1, 0.15) is 12.4 Å². The first-order chi connectivity index (χ1) is 19.4. The van der Waals surface area contributed by atoms with Gasteiger partial charge in [-0.25, -0.2) is 4.99 Å². The summed E-state index contributed by atoms with van der Waals surface area (Å²) in [7, 11) is 1.67. The lowest BCUT2D eigenvalue weighted by atomic mass is 10.1. The molecule has 10 nitrogen and oxygen atoms in total. The van der Waals surface area contributed by atoms with Crippen LogP contribution in [0.15, 0.2) is 82.7 Å². The number of carbonyl (C=O) groups excluding carboxylic acids is 2. The van der Waals surface area contributed by atoms with Crippen LogP contribution in [0.4, 0.5) is 11.4 Å². The molecule has 0 atom stereocenters. The molecule has 204 valence electrons. The molecule has 0 N–H and O–H groups in total. The number of benzene rings is 3. The number of hydrogen-bond acceptors (Lipinski definition) is 8. The average Bonchev–Trinajstić information content (AvgIpc) is 3.24. The molecule has 0 aliphatic carbocycles. The largest absolute Gasteiger partial charge is 0.489 e. The quantitative estimate of drug-likeness (QED) is 0.231. The van der Waals surface area contributed by atoms with Crippen LogP contribution in [0.5, 0.6) is 5.75 Å². The van der Waals surface area contributed by atoms with E-state index in [1.54, 1.807) is 66.6 Å². The van der Waals surface area contributed by atoms with E-state index in [1.807, 2.05) is 12.1 Å². The number of amides is 2. The Morgan fingerprint density at radius 2 is 1.82 bits per heavy atom. The van der Waals surface area contributed by atoms with Crippen LogP contribution in [0.2, 0.25) is 0 Å². The summed E-state index contributed by atoms with van der Waals surface area (Å²) in [6.45, 7) is 2.46. The van der Waals surface area contributed by atoms with E-state index in [2.05, 4.69) is 4.99 Å². The van der Waals surface area contributed by atoms with Gasteiger partial charge in [0.25, 0.3) is 17.5 Å². The van der Waals surface area contributed by atoms with Crippen LogP contribution in [0.25, 0.3) is 6.08 Å². The van der Waals surface area contributed by atoms with Crippen LogP contribution in [-0.4, -0.2) is 65.1 Å². The maximum absolute atomic E-state index is 12.9. The van der Waals surface area contributed by atoms with Gasteiger partial charge >= 0.3 is 0 Å². The molecule has 5 rings (SSSR count). The fourth-order valence-corrected chi connectivity index (χ4v) is 5.10. The molecule has 0 aromatic heterocycles. The minimum atomic E-state index is -0.439. The SMILES string of the molecule is CN1C(=O)/C(=C\c2ccc(OCc3ccc([N+](=O)[O-])cc3)cc2)SC1=Nc1cccc(C(=O)N2CCOCC2)c1. The summed E-state index contributed by atoms with van der Waals surface area (Å²) in [5.74, 6) is 0.411. The van der Waals surface area contributed by atoms with E-state index >= 15 is 0 Å². The number of aliphatic imine (C=N–C) groups is 1. The van der Waals surface area contributed by atoms with Crippen molar-refractivity contribution >= 4 is 46.2 Å². The summed E-state index contributed by atoms with van der Waals surface area (Å²) in [5, 5.41) is 11.3. The Bertz CT molecular complexity index is 1480. The van der Waals surface area contributed by atoms with Gasteiger partial charge in [0.2, 0.25) is 0 Å². The van der Waals surface area contributed by atoms with Crippen molar-refractivity contribution in [1.82, 2.24) is 9.80 Å². The number of nitrogens with zero attached hydrogens (tertiary/aromatic N) is 4. The van der Waals surface area contributed by atoms with Crippen LogP contribution in [0, 0.1) is 10.1 Å². The Labute approximate surface area is 235 Å². The van der Waals surface area contributed by atoms with E-state index < -0.39 is 4.92 Å². The van der Waals surface area contributed by atoms with Crippen LogP contribution < -0.4 is 4.74 Å². The third-order valence-corrected chi connectivity index (χ3v) is 7.41. The fraction of sp³-hybridized carbons (Fsp3) is 0.207. The molecule has 0 saturated carbocycles. The van der Waals surface area contributed by atoms with E-state index in [0.717, 1.165) is 11.1 Å². The van der Waals surface area contributed by atoms with E-state index in [0.29, 0.717) is 53.4 Å². The monoisotopic (exact) mass is 558 g/mol. The molecule has 0 bridgehead atoms. The Morgan fingerprint density at radius 1 is 1.10 bits per heavy atom. The molecule has 3 aromatic carbocycles. The smallest absolute Gasteiger partial charge is 0.269 e. The number of nitro benzene ring substituents is 1. The first kappa shape index (κ1) is 27.1. The zero-order valence-corrected chi connectivity index (χ0v) is 22.5. The van der Waals surface area contributed by atoms with Crippen LogP contribution in [0.1, 0.15) is 21.5 Å². The van der Waals surface area contributed by atoms with Crippen molar-refractivity contribution in [2.75, 3.05) is 33.4 Å². The molecule has 2 aliphatic heterocycles. The van der Waals surface area contributed by atoms with Gasteiger partial charge in [-0.2, -0.15) is 0 Å². The number of morpholine rings is 1. The predicted octanol–water partition coefficient (Wildman–Crippen LogP) is 4.88. The van der Waals surface area contributed by atoms with Crippen molar-refractivity contribution in [3.05, 3.63) is 105 Å². The molecule has 2 heterocycles. The summed E-state index contributed by atoms with van der Waals surface area (Å²) in [6.07, 6.45) is 1.80. The van der Waals surface area contributed by atoms with Crippen molar-refractivity contribution in [1.29, 1.82) is 0 Å². The highest BCUT2D eigenvalue weighted by Gasteiger charge is 2.30. The molecule has 3 aromatic rings. The molecule has 2 aliphatic rings. The molecular weight excluding hydrogens is 532 g/mol. The Balaban J connectivity index is 1.23. The summed E-state index contributed by atoms with van der Waals surface area (Å²) in [6, 6.07) is 20.6. The van der Waals surface area contributed by atoms with Gasteiger partial charge in [-0.1, -0.05) is 18.2 Å². The number of rotatable bonds is 7. The van der Waals surface area contributed by atoms with Gasteiger partial charge in [-0.15, -0.1) is 0 Å². The first-order valence-corrected chi connectivity index (χ1v) is 13.4. The number of thioether (sulfide) groups is 1. The summed E-state index contributed by atoms with van der Waals surface area (Å²) in [4.78, 5) is 44.5. The minimum absolute atomic E-state index is 0.0340. The van der Waals surface area contributed by atoms with Crippen molar-refractivity contribution in [3.63, 3.8) is 0 Å². The Hall–Kier alpha value is -4.48. The molecule has 40 heavy (non-hydrogen) atoms. The van der Waals surface area contributed by atoms with E-state index in [4.69, 9.17) is 9.47 Å². The zero-order chi connectivity index (χ0) is 28.1. The number of nitro groups is 1.